The number of benzene rings is 1. The minimum atomic E-state index is -0.576. The van der Waals surface area contributed by atoms with E-state index in [4.69, 9.17) is 5.73 Å². The first kappa shape index (κ1) is 20.7. The van der Waals surface area contributed by atoms with Gasteiger partial charge in [0.1, 0.15) is 5.83 Å². The second kappa shape index (κ2) is 8.08. The number of carbonyl (C=O) groups is 2. The first-order valence-electron chi connectivity index (χ1n) is 11.4. The molecule has 0 aromatic heterocycles. The van der Waals surface area contributed by atoms with E-state index in [-0.39, 0.29) is 23.7 Å². The Kier molecular flexibility index (Phi) is 5.24. The Balaban J connectivity index is 1.63. The SMILES string of the molecule is C=CC(=O)N1CCc2c(cccc2C2=C(F)C=C(C(N)=O)C3NC4=C(CCCCC4)C23)C1. The molecule has 4 aliphatic rings. The predicted molar refractivity (Wildman–Crippen MR) is 122 cm³/mol. The average Bonchev–Trinajstić information content (AvgIpc) is 2.98. The molecule has 0 spiro atoms. The molecule has 32 heavy (non-hydrogen) atoms. The van der Waals surface area contributed by atoms with E-state index in [0.717, 1.165) is 54.5 Å². The third kappa shape index (κ3) is 3.29. The minimum absolute atomic E-state index is 0.0912. The summed E-state index contributed by atoms with van der Waals surface area (Å²) in [6, 6.07) is 5.61. The quantitative estimate of drug-likeness (QED) is 0.715. The van der Waals surface area contributed by atoms with Crippen LogP contribution in [-0.2, 0) is 22.6 Å². The molecule has 6 heteroatoms. The molecule has 3 N–H and O–H groups in total. The van der Waals surface area contributed by atoms with E-state index in [1.54, 1.807) is 4.90 Å². The summed E-state index contributed by atoms with van der Waals surface area (Å²) < 4.78 is 15.7. The van der Waals surface area contributed by atoms with Crippen molar-refractivity contribution in [1.29, 1.82) is 0 Å². The van der Waals surface area contributed by atoms with Crippen molar-refractivity contribution in [3.63, 3.8) is 0 Å². The molecule has 2 aliphatic heterocycles. The third-order valence-corrected chi connectivity index (χ3v) is 7.31. The highest BCUT2D eigenvalue weighted by molar-refractivity contribution is 5.97. The number of rotatable bonds is 3. The first-order valence-corrected chi connectivity index (χ1v) is 11.4. The molecule has 0 bridgehead atoms. The number of nitrogens with two attached hydrogens (primary N) is 1. The minimum Gasteiger partial charge on any atom is -0.380 e. The number of hydrogen-bond donors (Lipinski definition) is 2. The van der Waals surface area contributed by atoms with Crippen LogP contribution in [0, 0.1) is 5.92 Å². The van der Waals surface area contributed by atoms with Gasteiger partial charge in [-0.05, 0) is 66.5 Å². The average molecular weight is 434 g/mol. The van der Waals surface area contributed by atoms with E-state index in [1.165, 1.54) is 17.7 Å². The van der Waals surface area contributed by atoms with Crippen molar-refractivity contribution < 1.29 is 14.0 Å². The Labute approximate surface area is 187 Å². The van der Waals surface area contributed by atoms with Crippen LogP contribution in [0.3, 0.4) is 0 Å². The number of amides is 2. The summed E-state index contributed by atoms with van der Waals surface area (Å²) >= 11 is 0. The van der Waals surface area contributed by atoms with Gasteiger partial charge in [-0.15, -0.1) is 0 Å². The fourth-order valence-corrected chi connectivity index (χ4v) is 5.84. The molecular weight excluding hydrogens is 405 g/mol. The largest absolute Gasteiger partial charge is 0.380 e. The smallest absolute Gasteiger partial charge is 0.246 e. The molecule has 0 fully saturated rings. The summed E-state index contributed by atoms with van der Waals surface area (Å²) in [4.78, 5) is 26.1. The number of halogens is 1. The fraction of sp³-hybridized carbons (Fsp3) is 0.385. The highest BCUT2D eigenvalue weighted by Crippen LogP contribution is 2.49. The molecule has 1 aromatic rings. The standard InChI is InChI=1S/C26H28FN3O2/c1-2-22(31)30-12-11-16-15(14-30)7-6-9-17(16)23-20(27)13-19(26(28)32)25-24(23)18-8-4-3-5-10-21(18)29-25/h2,6-7,9,13,24-25,29H,1,3-5,8,10-12,14H2,(H2,28,32). The van der Waals surface area contributed by atoms with Crippen LogP contribution in [0.25, 0.3) is 5.57 Å². The van der Waals surface area contributed by atoms with Gasteiger partial charge < -0.3 is 16.0 Å². The van der Waals surface area contributed by atoms with Gasteiger partial charge in [-0.1, -0.05) is 31.2 Å². The first-order chi connectivity index (χ1) is 15.5. The van der Waals surface area contributed by atoms with Gasteiger partial charge in [0.15, 0.2) is 0 Å². The molecule has 2 unspecified atom stereocenters. The number of carbonyl (C=O) groups excluding carboxylic acids is 2. The van der Waals surface area contributed by atoms with E-state index >= 15 is 4.39 Å². The predicted octanol–water partition coefficient (Wildman–Crippen LogP) is 3.67. The number of primary amides is 1. The maximum Gasteiger partial charge on any atom is 0.246 e. The summed E-state index contributed by atoms with van der Waals surface area (Å²) in [5.74, 6) is -1.27. The highest BCUT2D eigenvalue weighted by atomic mass is 19.1. The second-order valence-corrected chi connectivity index (χ2v) is 9.05. The van der Waals surface area contributed by atoms with Gasteiger partial charge in [-0.2, -0.15) is 0 Å². The van der Waals surface area contributed by atoms with E-state index in [0.29, 0.717) is 30.7 Å². The Bertz CT molecular complexity index is 1110. The number of fused-ring (bicyclic) bond motifs is 3. The van der Waals surface area contributed by atoms with Crippen LogP contribution in [0.4, 0.5) is 4.39 Å². The monoisotopic (exact) mass is 433 g/mol. The Morgan fingerprint density at radius 3 is 2.78 bits per heavy atom. The zero-order valence-electron chi connectivity index (χ0n) is 18.1. The topological polar surface area (TPSA) is 75.4 Å². The van der Waals surface area contributed by atoms with Crippen LogP contribution in [0.1, 0.15) is 48.8 Å². The summed E-state index contributed by atoms with van der Waals surface area (Å²) in [5, 5.41) is 3.54. The van der Waals surface area contributed by atoms with Gasteiger partial charge in [0.25, 0.3) is 0 Å². The number of nitrogens with one attached hydrogen (secondary N) is 1. The molecule has 5 rings (SSSR count). The lowest BCUT2D eigenvalue weighted by molar-refractivity contribution is -0.126. The number of nitrogens with zero attached hydrogens (tertiary/aromatic N) is 1. The third-order valence-electron chi connectivity index (χ3n) is 7.31. The van der Waals surface area contributed by atoms with Crippen molar-refractivity contribution >= 4 is 17.4 Å². The van der Waals surface area contributed by atoms with E-state index < -0.39 is 5.91 Å². The van der Waals surface area contributed by atoms with Crippen LogP contribution in [0.5, 0.6) is 0 Å². The summed E-state index contributed by atoms with van der Waals surface area (Å²) in [5.41, 5.74) is 12.0. The van der Waals surface area contributed by atoms with Crippen molar-refractivity contribution in [1.82, 2.24) is 10.2 Å². The molecule has 2 aliphatic carbocycles. The molecule has 1 aromatic carbocycles. The Morgan fingerprint density at radius 1 is 1.19 bits per heavy atom. The van der Waals surface area contributed by atoms with Crippen LogP contribution in [0.2, 0.25) is 0 Å². The van der Waals surface area contributed by atoms with E-state index in [2.05, 4.69) is 11.9 Å². The normalized spacial score (nSPS) is 24.7. The maximum absolute atomic E-state index is 15.7. The van der Waals surface area contributed by atoms with Crippen LogP contribution in [-0.4, -0.2) is 29.3 Å². The lowest BCUT2D eigenvalue weighted by Crippen LogP contribution is -2.40. The second-order valence-electron chi connectivity index (χ2n) is 9.05. The molecule has 5 nitrogen and oxygen atoms in total. The lowest BCUT2D eigenvalue weighted by atomic mass is 9.73. The maximum atomic E-state index is 15.7. The van der Waals surface area contributed by atoms with Gasteiger partial charge in [-0.3, -0.25) is 9.59 Å². The number of hydrogen-bond acceptors (Lipinski definition) is 3. The zero-order chi connectivity index (χ0) is 22.4. The van der Waals surface area contributed by atoms with Crippen LogP contribution < -0.4 is 11.1 Å². The molecule has 0 radical (unpaired) electrons. The fourth-order valence-electron chi connectivity index (χ4n) is 5.84. The van der Waals surface area contributed by atoms with Gasteiger partial charge in [0, 0.05) is 35.9 Å². The van der Waals surface area contributed by atoms with E-state index in [9.17, 15) is 9.59 Å². The lowest BCUT2D eigenvalue weighted by Gasteiger charge is -2.34. The van der Waals surface area contributed by atoms with Crippen LogP contribution >= 0.6 is 0 Å². The van der Waals surface area contributed by atoms with Gasteiger partial charge >= 0.3 is 0 Å². The Hall–Kier alpha value is -3.15. The molecule has 2 heterocycles. The zero-order valence-corrected chi connectivity index (χ0v) is 18.1. The molecular formula is C26H28FN3O2. The van der Waals surface area contributed by atoms with Crippen molar-refractivity contribution in [3.8, 4) is 0 Å². The van der Waals surface area contributed by atoms with Gasteiger partial charge in [-0.25, -0.2) is 4.39 Å². The molecule has 0 saturated heterocycles. The Morgan fingerprint density at radius 2 is 2.00 bits per heavy atom. The molecule has 166 valence electrons. The summed E-state index contributed by atoms with van der Waals surface area (Å²) in [6.45, 7) is 4.66. The molecule has 2 atom stereocenters. The van der Waals surface area contributed by atoms with Crippen LogP contribution in [0.15, 0.2) is 59.6 Å². The summed E-state index contributed by atoms with van der Waals surface area (Å²) in [6.07, 6.45) is 8.47. The van der Waals surface area contributed by atoms with E-state index in [1.807, 2.05) is 18.2 Å². The summed E-state index contributed by atoms with van der Waals surface area (Å²) in [7, 11) is 0. The van der Waals surface area contributed by atoms with Gasteiger partial charge in [0.2, 0.25) is 11.8 Å². The number of allylic oxidation sites excluding steroid dienone is 3. The van der Waals surface area contributed by atoms with Crippen molar-refractivity contribution in [2.75, 3.05) is 6.54 Å². The van der Waals surface area contributed by atoms with Crippen molar-refractivity contribution in [2.45, 2.75) is 51.1 Å². The molecule has 2 amide bonds. The van der Waals surface area contributed by atoms with Crippen molar-refractivity contribution in [2.24, 2.45) is 11.7 Å². The van der Waals surface area contributed by atoms with Crippen molar-refractivity contribution in [3.05, 3.63) is 76.3 Å². The molecule has 0 saturated carbocycles. The van der Waals surface area contributed by atoms with Gasteiger partial charge in [0.05, 0.1) is 6.04 Å². The highest BCUT2D eigenvalue weighted by Gasteiger charge is 2.44.